The Bertz CT molecular complexity index is 408. The van der Waals surface area contributed by atoms with Crippen molar-refractivity contribution in [2.75, 3.05) is 171 Å². The van der Waals surface area contributed by atoms with Crippen LogP contribution in [0, 0.1) is 0 Å². The second kappa shape index (κ2) is 38.8. The molecule has 0 aliphatic rings. The lowest BCUT2D eigenvalue weighted by Crippen LogP contribution is -2.15. The maximum Gasteiger partial charge on any atom is 0.0701 e. The average molecular weight is 608 g/mol. The molecule has 0 heterocycles. The van der Waals surface area contributed by atoms with Crippen LogP contribution >= 0.6 is 11.6 Å². The van der Waals surface area contributed by atoms with Crippen LogP contribution in [0.3, 0.4) is 0 Å². The molecule has 0 saturated carbocycles. The highest BCUT2D eigenvalue weighted by Crippen LogP contribution is 1.87. The summed E-state index contributed by atoms with van der Waals surface area (Å²) in [5.74, 6) is 0.498. The monoisotopic (exact) mass is 607 g/mol. The molecule has 0 aliphatic carbocycles. The van der Waals surface area contributed by atoms with Gasteiger partial charge in [0.25, 0.3) is 0 Å². The lowest BCUT2D eigenvalue weighted by molar-refractivity contribution is -0.0282. The Hall–Kier alpha value is -0.230. The molecule has 2 N–H and O–H groups in total. The van der Waals surface area contributed by atoms with E-state index < -0.39 is 0 Å². The van der Waals surface area contributed by atoms with E-state index in [2.05, 4.69) is 0 Å². The number of rotatable bonds is 37. The predicted molar refractivity (Wildman–Crippen MR) is 150 cm³/mol. The molecular formula is C26H54ClNO12. The summed E-state index contributed by atoms with van der Waals surface area (Å²) in [6, 6.07) is 0. The molecule has 0 spiro atoms. The Morgan fingerprint density at radius 1 is 0.250 bits per heavy atom. The van der Waals surface area contributed by atoms with E-state index in [0.29, 0.717) is 171 Å². The molecule has 0 unspecified atom stereocenters. The zero-order valence-corrected chi connectivity index (χ0v) is 25.0. The second-order valence-corrected chi connectivity index (χ2v) is 8.20. The third kappa shape index (κ3) is 37.8. The molecule has 0 aromatic heterocycles. The van der Waals surface area contributed by atoms with Gasteiger partial charge in [-0.05, 0) is 0 Å². The zero-order chi connectivity index (χ0) is 28.9. The van der Waals surface area contributed by atoms with E-state index in [4.69, 9.17) is 74.2 Å². The first-order valence-electron chi connectivity index (χ1n) is 14.1. The molecule has 40 heavy (non-hydrogen) atoms. The number of hydrogen-bond donors (Lipinski definition) is 1. The van der Waals surface area contributed by atoms with Crippen LogP contribution in [0.5, 0.6) is 0 Å². The van der Waals surface area contributed by atoms with Crippen LogP contribution < -0.4 is 5.73 Å². The molecule has 242 valence electrons. The van der Waals surface area contributed by atoms with E-state index in [-0.39, 0.29) is 0 Å². The van der Waals surface area contributed by atoms with E-state index in [9.17, 15) is 0 Å². The van der Waals surface area contributed by atoms with Crippen LogP contribution in [-0.4, -0.2) is 171 Å². The first-order chi connectivity index (χ1) is 19.9. The number of ether oxygens (including phenoxy) is 12. The zero-order valence-electron chi connectivity index (χ0n) is 24.2. The summed E-state index contributed by atoms with van der Waals surface area (Å²) < 4.78 is 64.6. The van der Waals surface area contributed by atoms with Crippen molar-refractivity contribution in [3.63, 3.8) is 0 Å². The van der Waals surface area contributed by atoms with Crippen molar-refractivity contribution in [2.45, 2.75) is 0 Å². The molecule has 0 radical (unpaired) electrons. The molecule has 0 amide bonds. The van der Waals surface area contributed by atoms with E-state index in [0.717, 1.165) is 0 Å². The summed E-state index contributed by atoms with van der Waals surface area (Å²) in [4.78, 5) is 0. The first kappa shape index (κ1) is 39.8. The van der Waals surface area contributed by atoms with Crippen molar-refractivity contribution in [3.05, 3.63) is 0 Å². The molecule has 0 atom stereocenters. The highest BCUT2D eigenvalue weighted by Gasteiger charge is 1.96. The molecule has 0 bridgehead atoms. The maximum absolute atomic E-state index is 5.50. The Labute approximate surface area is 245 Å². The number of hydrogen-bond acceptors (Lipinski definition) is 13. The molecule has 13 nitrogen and oxygen atoms in total. The first-order valence-corrected chi connectivity index (χ1v) is 14.6. The lowest BCUT2D eigenvalue weighted by atomic mass is 10.6. The SMILES string of the molecule is NCCOCCOCCOCCOCCOCCOCCOCCOCCOCCOCCOCCOCCCl. The smallest absolute Gasteiger partial charge is 0.0701 e. The van der Waals surface area contributed by atoms with E-state index in [1.165, 1.54) is 0 Å². The van der Waals surface area contributed by atoms with E-state index in [1.807, 2.05) is 0 Å². The minimum Gasteiger partial charge on any atom is -0.378 e. The number of halogens is 1. The maximum atomic E-state index is 5.50. The lowest BCUT2D eigenvalue weighted by Gasteiger charge is -2.09. The Balaban J connectivity index is 3.01. The van der Waals surface area contributed by atoms with Gasteiger partial charge in [-0.15, -0.1) is 11.6 Å². The normalized spacial score (nSPS) is 11.6. The van der Waals surface area contributed by atoms with Gasteiger partial charge in [0, 0.05) is 12.4 Å². The van der Waals surface area contributed by atoms with Gasteiger partial charge in [-0.3, -0.25) is 0 Å². The van der Waals surface area contributed by atoms with Gasteiger partial charge in [-0.25, -0.2) is 0 Å². The largest absolute Gasteiger partial charge is 0.378 e. The number of alkyl halides is 1. The minimum absolute atomic E-state index is 0.498. The van der Waals surface area contributed by atoms with Gasteiger partial charge >= 0.3 is 0 Å². The van der Waals surface area contributed by atoms with Gasteiger partial charge in [-0.2, -0.15) is 0 Å². The fraction of sp³-hybridized carbons (Fsp3) is 1.00. The molecule has 0 rings (SSSR count). The van der Waals surface area contributed by atoms with Crippen molar-refractivity contribution < 1.29 is 56.8 Å². The van der Waals surface area contributed by atoms with Crippen molar-refractivity contribution in [1.82, 2.24) is 0 Å². The molecule has 0 aromatic carbocycles. The van der Waals surface area contributed by atoms with Crippen LogP contribution in [0.4, 0.5) is 0 Å². The van der Waals surface area contributed by atoms with Crippen molar-refractivity contribution in [2.24, 2.45) is 5.73 Å². The van der Waals surface area contributed by atoms with Crippen LogP contribution in [0.1, 0.15) is 0 Å². The molecule has 0 saturated heterocycles. The third-order valence-electron chi connectivity index (χ3n) is 4.58. The van der Waals surface area contributed by atoms with Gasteiger partial charge in [0.1, 0.15) is 0 Å². The summed E-state index contributed by atoms with van der Waals surface area (Å²) in [6.07, 6.45) is 0. The molecule has 0 fully saturated rings. The highest BCUT2D eigenvalue weighted by molar-refractivity contribution is 6.17. The Kier molecular flexibility index (Phi) is 38.5. The topological polar surface area (TPSA) is 137 Å². The van der Waals surface area contributed by atoms with Gasteiger partial charge in [0.2, 0.25) is 0 Å². The van der Waals surface area contributed by atoms with Crippen LogP contribution in [0.15, 0.2) is 0 Å². The highest BCUT2D eigenvalue weighted by atomic mass is 35.5. The number of nitrogens with two attached hydrogens (primary N) is 1. The fourth-order valence-corrected chi connectivity index (χ4v) is 2.77. The second-order valence-electron chi connectivity index (χ2n) is 7.83. The summed E-state index contributed by atoms with van der Waals surface area (Å²) in [5, 5.41) is 0. The summed E-state index contributed by atoms with van der Waals surface area (Å²) >= 11 is 5.50. The fourth-order valence-electron chi connectivity index (χ4n) is 2.66. The molecule has 0 aliphatic heterocycles. The average Bonchev–Trinajstić information content (AvgIpc) is 2.97. The summed E-state index contributed by atoms with van der Waals surface area (Å²) in [7, 11) is 0. The van der Waals surface area contributed by atoms with Crippen molar-refractivity contribution in [1.29, 1.82) is 0 Å². The van der Waals surface area contributed by atoms with E-state index >= 15 is 0 Å². The van der Waals surface area contributed by atoms with Crippen LogP contribution in [-0.2, 0) is 56.8 Å². The third-order valence-corrected chi connectivity index (χ3v) is 4.73. The van der Waals surface area contributed by atoms with Crippen molar-refractivity contribution in [3.8, 4) is 0 Å². The van der Waals surface area contributed by atoms with Gasteiger partial charge < -0.3 is 62.6 Å². The quantitative estimate of drug-likeness (QED) is 0.0770. The summed E-state index contributed by atoms with van der Waals surface area (Å²) in [6.45, 7) is 13.2. The minimum atomic E-state index is 0.498. The Morgan fingerprint density at radius 2 is 0.400 bits per heavy atom. The molecular weight excluding hydrogens is 554 g/mol. The van der Waals surface area contributed by atoms with Crippen LogP contribution in [0.25, 0.3) is 0 Å². The van der Waals surface area contributed by atoms with E-state index in [1.54, 1.807) is 0 Å². The van der Waals surface area contributed by atoms with Gasteiger partial charge in [0.05, 0.1) is 159 Å². The Morgan fingerprint density at radius 3 is 0.550 bits per heavy atom. The van der Waals surface area contributed by atoms with Crippen LogP contribution in [0.2, 0.25) is 0 Å². The summed E-state index contributed by atoms with van der Waals surface area (Å²) in [5.41, 5.74) is 5.32. The predicted octanol–water partition coefficient (Wildman–Crippen LogP) is 0.383. The standard InChI is InChI=1S/C26H54ClNO12/c27-1-3-29-5-7-31-9-11-33-13-15-35-17-19-37-21-23-39-25-26-40-24-22-38-20-18-36-16-14-34-12-10-32-8-6-30-4-2-28/h1-26,28H2. The van der Waals surface area contributed by atoms with Gasteiger partial charge in [-0.1, -0.05) is 0 Å². The molecule has 0 aromatic rings. The molecule has 14 heteroatoms. The van der Waals surface area contributed by atoms with Crippen molar-refractivity contribution >= 4 is 11.6 Å². The van der Waals surface area contributed by atoms with Gasteiger partial charge in [0.15, 0.2) is 0 Å².